The van der Waals surface area contributed by atoms with E-state index < -0.39 is 18.0 Å². The fourth-order valence-corrected chi connectivity index (χ4v) is 6.53. The topological polar surface area (TPSA) is 110 Å². The molecule has 2 aromatic heterocycles. The Balaban J connectivity index is 1.68. The summed E-state index contributed by atoms with van der Waals surface area (Å²) in [5.41, 5.74) is 4.99. The van der Waals surface area contributed by atoms with Crippen molar-refractivity contribution in [2.24, 2.45) is 4.99 Å². The van der Waals surface area contributed by atoms with Crippen LogP contribution in [0.4, 0.5) is 0 Å². The minimum absolute atomic E-state index is 0.177. The molecule has 2 aromatic carbocycles. The zero-order valence-corrected chi connectivity index (χ0v) is 26.4. The molecular weight excluding hydrogens is 582 g/mol. The van der Waals surface area contributed by atoms with Gasteiger partial charge in [-0.25, -0.2) is 14.6 Å². The van der Waals surface area contributed by atoms with E-state index in [1.807, 2.05) is 36.6 Å². The molecule has 0 radical (unpaired) electrons. The predicted molar refractivity (Wildman–Crippen MR) is 167 cm³/mol. The number of thiazole rings is 1. The Bertz CT molecular complexity index is 2000. The van der Waals surface area contributed by atoms with Crippen LogP contribution < -0.4 is 24.4 Å². The SMILES string of the molecule is CCOC(=O)C1=C(C)N=c2s/c(=C/c3cc(C)n(-c4cccc(C(=O)OC)c4)c3C)c(=O)n2[C@@H]1c1ccc(OC)c(OC)c1. The van der Waals surface area contributed by atoms with E-state index in [9.17, 15) is 14.4 Å². The quantitative estimate of drug-likeness (QED) is 0.276. The lowest BCUT2D eigenvalue weighted by Crippen LogP contribution is -2.40. The highest BCUT2D eigenvalue weighted by molar-refractivity contribution is 7.07. The van der Waals surface area contributed by atoms with Gasteiger partial charge in [0, 0.05) is 17.1 Å². The number of rotatable bonds is 8. The van der Waals surface area contributed by atoms with Gasteiger partial charge in [0.05, 0.1) is 55.3 Å². The van der Waals surface area contributed by atoms with Crippen LogP contribution in [0, 0.1) is 13.8 Å². The zero-order valence-electron chi connectivity index (χ0n) is 25.6. The van der Waals surface area contributed by atoms with E-state index in [1.54, 1.807) is 57.4 Å². The number of allylic oxidation sites excluding steroid dienone is 1. The molecular formula is C33H33N3O7S. The van der Waals surface area contributed by atoms with Crippen molar-refractivity contribution in [1.82, 2.24) is 9.13 Å². The number of fused-ring (bicyclic) bond motifs is 1. The Kier molecular flexibility index (Phi) is 8.59. The summed E-state index contributed by atoms with van der Waals surface area (Å²) in [4.78, 5) is 44.7. The molecule has 44 heavy (non-hydrogen) atoms. The lowest BCUT2D eigenvalue weighted by atomic mass is 9.95. The fraction of sp³-hybridized carbons (Fsp3) is 0.273. The summed E-state index contributed by atoms with van der Waals surface area (Å²) in [5, 5.41) is 0. The summed E-state index contributed by atoms with van der Waals surface area (Å²) in [7, 11) is 4.42. The smallest absolute Gasteiger partial charge is 0.338 e. The molecule has 1 aliphatic rings. The third-order valence-corrected chi connectivity index (χ3v) is 8.51. The van der Waals surface area contributed by atoms with E-state index in [4.69, 9.17) is 18.9 Å². The fourth-order valence-electron chi connectivity index (χ4n) is 5.49. The van der Waals surface area contributed by atoms with Gasteiger partial charge < -0.3 is 23.5 Å². The van der Waals surface area contributed by atoms with E-state index in [0.29, 0.717) is 37.7 Å². The number of nitrogens with zero attached hydrogens (tertiary/aromatic N) is 3. The molecule has 5 rings (SSSR count). The molecule has 0 bridgehead atoms. The van der Waals surface area contributed by atoms with E-state index >= 15 is 0 Å². The highest BCUT2D eigenvalue weighted by atomic mass is 32.1. The lowest BCUT2D eigenvalue weighted by Gasteiger charge is -2.25. The number of hydrogen-bond acceptors (Lipinski definition) is 9. The molecule has 0 amide bonds. The van der Waals surface area contributed by atoms with Crippen LogP contribution in [-0.2, 0) is 14.3 Å². The van der Waals surface area contributed by atoms with Crippen molar-refractivity contribution in [3.8, 4) is 17.2 Å². The van der Waals surface area contributed by atoms with Crippen LogP contribution in [0.2, 0.25) is 0 Å². The van der Waals surface area contributed by atoms with Crippen LogP contribution >= 0.6 is 11.3 Å². The average molecular weight is 616 g/mol. The molecule has 1 aliphatic heterocycles. The van der Waals surface area contributed by atoms with Crippen molar-refractivity contribution in [3.05, 3.63) is 108 Å². The molecule has 0 unspecified atom stereocenters. The van der Waals surface area contributed by atoms with Gasteiger partial charge in [0.15, 0.2) is 16.3 Å². The minimum atomic E-state index is -0.791. The largest absolute Gasteiger partial charge is 0.493 e. The van der Waals surface area contributed by atoms with E-state index in [1.165, 1.54) is 30.1 Å². The Morgan fingerprint density at radius 1 is 0.977 bits per heavy atom. The van der Waals surface area contributed by atoms with Crippen molar-refractivity contribution >= 4 is 29.4 Å². The maximum atomic E-state index is 14.1. The monoisotopic (exact) mass is 615 g/mol. The molecule has 4 aromatic rings. The average Bonchev–Trinajstić information content (AvgIpc) is 3.48. The summed E-state index contributed by atoms with van der Waals surface area (Å²) in [6.45, 7) is 7.57. The van der Waals surface area contributed by atoms with Crippen molar-refractivity contribution in [2.45, 2.75) is 33.7 Å². The molecule has 0 fully saturated rings. The van der Waals surface area contributed by atoms with Gasteiger partial charge in [-0.2, -0.15) is 0 Å². The summed E-state index contributed by atoms with van der Waals surface area (Å²) >= 11 is 1.25. The second-order valence-corrected chi connectivity index (χ2v) is 11.1. The summed E-state index contributed by atoms with van der Waals surface area (Å²) < 4.78 is 25.2. The Morgan fingerprint density at radius 3 is 2.41 bits per heavy atom. The molecule has 0 aliphatic carbocycles. The van der Waals surface area contributed by atoms with Crippen molar-refractivity contribution in [2.75, 3.05) is 27.9 Å². The van der Waals surface area contributed by atoms with Crippen LogP contribution in [0.3, 0.4) is 0 Å². The number of ether oxygens (including phenoxy) is 4. The summed E-state index contributed by atoms with van der Waals surface area (Å²) in [5.74, 6) is 0.0286. The number of carbonyl (C=O) groups is 2. The number of benzene rings is 2. The van der Waals surface area contributed by atoms with Crippen molar-refractivity contribution in [3.63, 3.8) is 0 Å². The number of hydrogen-bond donors (Lipinski definition) is 0. The third-order valence-electron chi connectivity index (χ3n) is 7.52. The minimum Gasteiger partial charge on any atom is -0.493 e. The van der Waals surface area contributed by atoms with E-state index in [0.717, 1.165) is 22.6 Å². The third kappa shape index (κ3) is 5.35. The van der Waals surface area contributed by atoms with Crippen LogP contribution in [-0.4, -0.2) is 49.0 Å². The molecule has 0 N–H and O–H groups in total. The molecule has 0 saturated heterocycles. The first kappa shape index (κ1) is 30.6. The summed E-state index contributed by atoms with van der Waals surface area (Å²) in [6.07, 6.45) is 1.84. The first-order valence-electron chi connectivity index (χ1n) is 13.9. The molecule has 228 valence electrons. The van der Waals surface area contributed by atoms with Crippen LogP contribution in [0.25, 0.3) is 11.8 Å². The van der Waals surface area contributed by atoms with Crippen LogP contribution in [0.1, 0.15) is 52.8 Å². The first-order valence-corrected chi connectivity index (χ1v) is 14.7. The van der Waals surface area contributed by atoms with Gasteiger partial charge in [-0.15, -0.1) is 0 Å². The number of methoxy groups -OCH3 is 3. The van der Waals surface area contributed by atoms with Gasteiger partial charge in [0.25, 0.3) is 5.56 Å². The second kappa shape index (κ2) is 12.4. The predicted octanol–water partition coefficient (Wildman–Crippen LogP) is 4.01. The molecule has 0 saturated carbocycles. The molecule has 0 spiro atoms. The Morgan fingerprint density at radius 2 is 1.73 bits per heavy atom. The Hall–Kier alpha value is -4.90. The van der Waals surface area contributed by atoms with E-state index in [-0.39, 0.29) is 17.7 Å². The van der Waals surface area contributed by atoms with Crippen LogP contribution in [0.5, 0.6) is 11.5 Å². The maximum Gasteiger partial charge on any atom is 0.338 e. The Labute approximate surface area is 258 Å². The van der Waals surface area contributed by atoms with Gasteiger partial charge in [-0.05, 0) is 81.3 Å². The molecule has 3 heterocycles. The zero-order chi connectivity index (χ0) is 31.7. The van der Waals surface area contributed by atoms with Gasteiger partial charge >= 0.3 is 11.9 Å². The van der Waals surface area contributed by atoms with Crippen molar-refractivity contribution < 1.29 is 28.5 Å². The van der Waals surface area contributed by atoms with Crippen LogP contribution in [0.15, 0.2) is 69.6 Å². The first-order chi connectivity index (χ1) is 21.1. The molecule has 1 atom stereocenters. The van der Waals surface area contributed by atoms with Gasteiger partial charge in [-0.3, -0.25) is 9.36 Å². The normalized spacial score (nSPS) is 14.6. The van der Waals surface area contributed by atoms with Gasteiger partial charge in [0.2, 0.25) is 0 Å². The lowest BCUT2D eigenvalue weighted by molar-refractivity contribution is -0.139. The molecule has 11 heteroatoms. The number of carbonyl (C=O) groups excluding carboxylic acids is 2. The number of aryl methyl sites for hydroxylation is 1. The van der Waals surface area contributed by atoms with Gasteiger partial charge in [-0.1, -0.05) is 23.5 Å². The maximum absolute atomic E-state index is 14.1. The number of aromatic nitrogens is 2. The highest BCUT2D eigenvalue weighted by Gasteiger charge is 2.34. The van der Waals surface area contributed by atoms with E-state index in [2.05, 4.69) is 4.99 Å². The summed E-state index contributed by atoms with van der Waals surface area (Å²) in [6, 6.07) is 13.7. The number of esters is 2. The van der Waals surface area contributed by atoms with Gasteiger partial charge in [0.1, 0.15) is 0 Å². The highest BCUT2D eigenvalue weighted by Crippen LogP contribution is 2.36. The van der Waals surface area contributed by atoms with Crippen molar-refractivity contribution in [1.29, 1.82) is 0 Å². The second-order valence-electron chi connectivity index (χ2n) is 10.1. The molecule has 10 nitrogen and oxygen atoms in total. The standard InChI is InChI=1S/C33H33N3O7S/c1-8-43-32(39)28-19(3)34-33-36(29(28)21-12-13-25(40-5)26(16-21)41-6)30(37)27(44-33)17-23-14-18(2)35(20(23)4)24-11-9-10-22(15-24)31(38)42-7/h9-17,29H,8H2,1-7H3/b27-17+/t29-/m1/s1.